The van der Waals surface area contributed by atoms with Crippen LogP contribution in [-0.2, 0) is 4.79 Å². The van der Waals surface area contributed by atoms with Crippen molar-refractivity contribution in [3.05, 3.63) is 77.4 Å². The van der Waals surface area contributed by atoms with Crippen molar-refractivity contribution in [3.63, 3.8) is 0 Å². The average molecular weight is 467 g/mol. The summed E-state index contributed by atoms with van der Waals surface area (Å²) in [7, 11) is 0. The Morgan fingerprint density at radius 3 is 2.47 bits per heavy atom. The predicted octanol–water partition coefficient (Wildman–Crippen LogP) is 3.33. The van der Waals surface area contributed by atoms with Crippen LogP contribution in [0.3, 0.4) is 0 Å². The van der Waals surface area contributed by atoms with Gasteiger partial charge in [0.25, 0.3) is 0 Å². The molecule has 8 heteroatoms. The zero-order valence-corrected chi connectivity index (χ0v) is 18.8. The summed E-state index contributed by atoms with van der Waals surface area (Å²) in [6.45, 7) is 2.79. The van der Waals surface area contributed by atoms with Crippen LogP contribution < -0.4 is 10.6 Å². The number of hydrogen-bond donors (Lipinski definition) is 2. The van der Waals surface area contributed by atoms with Gasteiger partial charge in [0.05, 0.1) is 6.04 Å². The number of amides is 3. The second-order valence-electron chi connectivity index (χ2n) is 9.14. The Hall–Kier alpha value is -3.26. The number of halogens is 2. The Kier molecular flexibility index (Phi) is 6.32. The topological polar surface area (TPSA) is 64.7 Å². The van der Waals surface area contributed by atoms with Crippen molar-refractivity contribution < 1.29 is 18.4 Å². The maximum atomic E-state index is 14.6. The summed E-state index contributed by atoms with van der Waals surface area (Å²) >= 11 is 0. The van der Waals surface area contributed by atoms with Gasteiger partial charge in [-0.2, -0.15) is 0 Å². The molecule has 2 aromatic rings. The highest BCUT2D eigenvalue weighted by Gasteiger charge is 2.43. The molecular formula is C26H28F2N4O2. The molecule has 178 valence electrons. The molecule has 2 aliphatic heterocycles. The number of benzene rings is 2. The maximum Gasteiger partial charge on any atom is 0.318 e. The second-order valence-corrected chi connectivity index (χ2v) is 9.14. The number of piperazine rings is 1. The molecule has 3 aliphatic rings. The molecule has 0 unspecified atom stereocenters. The van der Waals surface area contributed by atoms with Crippen molar-refractivity contribution >= 4 is 17.5 Å². The number of hydrogen-bond acceptors (Lipinski definition) is 3. The summed E-state index contributed by atoms with van der Waals surface area (Å²) in [5.74, 6) is -1.16. The minimum atomic E-state index is -0.640. The molecule has 2 heterocycles. The van der Waals surface area contributed by atoms with Gasteiger partial charge in [-0.25, -0.2) is 13.6 Å². The first-order valence-electron chi connectivity index (χ1n) is 11.8. The van der Waals surface area contributed by atoms with Gasteiger partial charge in [-0.1, -0.05) is 36.4 Å². The third kappa shape index (κ3) is 4.68. The van der Waals surface area contributed by atoms with Crippen LogP contribution in [0.4, 0.5) is 13.6 Å². The molecule has 1 saturated heterocycles. The third-order valence-corrected chi connectivity index (χ3v) is 6.78. The van der Waals surface area contributed by atoms with Gasteiger partial charge in [0.2, 0.25) is 5.91 Å². The standard InChI is InChI=1S/C26H28F2N4O2/c27-20-8-9-22(28)21(15-20)19-14-23(17-4-2-1-3-5-17)32(16-19)25(33)24(18-6-7-18)30-26(34)31-12-10-29-11-13-31/h1-5,8-9,14-15,18,23-24,29H,6-7,10-13,16H2,(H,30,34)/t23-,24-/m0/s1. The first-order chi connectivity index (χ1) is 16.5. The van der Waals surface area contributed by atoms with E-state index in [4.69, 9.17) is 0 Å². The molecular weight excluding hydrogens is 438 g/mol. The van der Waals surface area contributed by atoms with E-state index in [1.54, 1.807) is 9.80 Å². The molecule has 3 amide bonds. The lowest BCUT2D eigenvalue weighted by atomic mass is 10.0. The van der Waals surface area contributed by atoms with E-state index in [0.717, 1.165) is 43.6 Å². The zero-order valence-electron chi connectivity index (χ0n) is 18.8. The van der Waals surface area contributed by atoms with Crippen LogP contribution in [0.25, 0.3) is 5.57 Å². The van der Waals surface area contributed by atoms with E-state index in [-0.39, 0.29) is 30.0 Å². The molecule has 2 fully saturated rings. The number of rotatable bonds is 5. The summed E-state index contributed by atoms with van der Waals surface area (Å²) in [6, 6.07) is 11.6. The fourth-order valence-corrected chi connectivity index (χ4v) is 4.76. The van der Waals surface area contributed by atoms with Crippen LogP contribution in [0.5, 0.6) is 0 Å². The monoisotopic (exact) mass is 466 g/mol. The molecule has 0 aromatic heterocycles. The van der Waals surface area contributed by atoms with E-state index in [0.29, 0.717) is 18.7 Å². The highest BCUT2D eigenvalue weighted by Crippen LogP contribution is 2.39. The van der Waals surface area contributed by atoms with Gasteiger partial charge < -0.3 is 20.4 Å². The Balaban J connectivity index is 1.42. The lowest BCUT2D eigenvalue weighted by molar-refractivity contribution is -0.134. The maximum absolute atomic E-state index is 14.6. The van der Waals surface area contributed by atoms with Crippen molar-refractivity contribution in [2.24, 2.45) is 5.92 Å². The molecule has 0 radical (unpaired) electrons. The summed E-state index contributed by atoms with van der Waals surface area (Å²) in [4.78, 5) is 30.1. The second kappa shape index (κ2) is 9.54. The van der Waals surface area contributed by atoms with Crippen molar-refractivity contribution in [2.45, 2.75) is 24.9 Å². The van der Waals surface area contributed by atoms with Crippen LogP contribution >= 0.6 is 0 Å². The van der Waals surface area contributed by atoms with Gasteiger partial charge in [-0.3, -0.25) is 4.79 Å². The minimum Gasteiger partial charge on any atom is -0.326 e. The lowest BCUT2D eigenvalue weighted by Gasteiger charge is -2.33. The largest absolute Gasteiger partial charge is 0.326 e. The van der Waals surface area contributed by atoms with Gasteiger partial charge in [-0.15, -0.1) is 0 Å². The van der Waals surface area contributed by atoms with E-state index in [9.17, 15) is 18.4 Å². The van der Waals surface area contributed by atoms with Crippen molar-refractivity contribution in [1.82, 2.24) is 20.4 Å². The lowest BCUT2D eigenvalue weighted by Crippen LogP contribution is -2.56. The Labute approximate surface area is 197 Å². The van der Waals surface area contributed by atoms with Crippen LogP contribution in [-0.4, -0.2) is 60.5 Å². The van der Waals surface area contributed by atoms with Gasteiger partial charge in [-0.05, 0) is 48.1 Å². The predicted molar refractivity (Wildman–Crippen MR) is 125 cm³/mol. The number of urea groups is 1. The first kappa shape index (κ1) is 22.5. The molecule has 1 saturated carbocycles. The fourth-order valence-electron chi connectivity index (χ4n) is 4.76. The summed E-state index contributed by atoms with van der Waals surface area (Å²) < 4.78 is 28.5. The van der Waals surface area contributed by atoms with Crippen molar-refractivity contribution in [2.75, 3.05) is 32.7 Å². The average Bonchev–Trinajstić information content (AvgIpc) is 3.62. The number of nitrogens with one attached hydrogen (secondary N) is 2. The molecule has 2 N–H and O–H groups in total. The summed E-state index contributed by atoms with van der Waals surface area (Å²) in [6.07, 6.45) is 3.58. The van der Waals surface area contributed by atoms with E-state index in [1.165, 1.54) is 6.07 Å². The van der Waals surface area contributed by atoms with Gasteiger partial charge in [0.1, 0.15) is 17.7 Å². The molecule has 5 rings (SSSR count). The Morgan fingerprint density at radius 2 is 1.76 bits per heavy atom. The van der Waals surface area contributed by atoms with Gasteiger partial charge >= 0.3 is 6.03 Å². The van der Waals surface area contributed by atoms with E-state index in [2.05, 4.69) is 10.6 Å². The highest BCUT2D eigenvalue weighted by molar-refractivity contribution is 5.90. The van der Waals surface area contributed by atoms with Crippen LogP contribution in [0.15, 0.2) is 54.6 Å². The Bertz CT molecular complexity index is 1100. The van der Waals surface area contributed by atoms with Crippen molar-refractivity contribution in [3.8, 4) is 0 Å². The van der Waals surface area contributed by atoms with Crippen LogP contribution in [0.1, 0.15) is 30.0 Å². The molecule has 2 atom stereocenters. The summed E-state index contributed by atoms with van der Waals surface area (Å²) in [5, 5.41) is 6.20. The summed E-state index contributed by atoms with van der Waals surface area (Å²) in [5.41, 5.74) is 1.59. The van der Waals surface area contributed by atoms with Crippen LogP contribution in [0, 0.1) is 17.6 Å². The normalized spacial score (nSPS) is 21.2. The molecule has 34 heavy (non-hydrogen) atoms. The van der Waals surface area contributed by atoms with Crippen molar-refractivity contribution in [1.29, 1.82) is 0 Å². The molecule has 2 aromatic carbocycles. The number of nitrogens with zero attached hydrogens (tertiary/aromatic N) is 2. The van der Waals surface area contributed by atoms with E-state index < -0.39 is 23.7 Å². The molecule has 1 aliphatic carbocycles. The number of carbonyl (C=O) groups is 2. The fraction of sp³-hybridized carbons (Fsp3) is 0.385. The SMILES string of the molecule is O=C(N[C@H](C(=O)N1CC(c2cc(F)ccc2F)=C[C@H]1c1ccccc1)C1CC1)N1CCNCC1. The Morgan fingerprint density at radius 1 is 1.03 bits per heavy atom. The molecule has 6 nitrogen and oxygen atoms in total. The molecule has 0 bridgehead atoms. The third-order valence-electron chi connectivity index (χ3n) is 6.78. The van der Waals surface area contributed by atoms with Gasteiger partial charge in [0, 0.05) is 38.3 Å². The van der Waals surface area contributed by atoms with E-state index in [1.807, 2.05) is 36.4 Å². The highest BCUT2D eigenvalue weighted by atomic mass is 19.1. The quantitative estimate of drug-likeness (QED) is 0.711. The smallest absolute Gasteiger partial charge is 0.318 e. The molecule has 0 spiro atoms. The zero-order chi connectivity index (χ0) is 23.7. The number of carbonyl (C=O) groups excluding carboxylic acids is 2. The van der Waals surface area contributed by atoms with Crippen LogP contribution in [0.2, 0.25) is 0 Å². The minimum absolute atomic E-state index is 0.0887. The first-order valence-corrected chi connectivity index (χ1v) is 11.8. The van der Waals surface area contributed by atoms with E-state index >= 15 is 0 Å². The van der Waals surface area contributed by atoms with Gasteiger partial charge in [0.15, 0.2) is 0 Å².